The standard InChI is InChI=1S/C2H5N3O2/c6-2-3-1-5(7)4-2/h5H,1H2,(H2,3,4,6). The third-order valence-corrected chi connectivity index (χ3v) is 0.662. The summed E-state index contributed by atoms with van der Waals surface area (Å²) >= 11 is 0. The molecule has 0 radical (unpaired) electrons. The van der Waals surface area contributed by atoms with Crippen LogP contribution < -0.4 is 15.9 Å². The number of hydrogen-bond acceptors (Lipinski definition) is 2. The molecule has 0 saturated carbocycles. The van der Waals surface area contributed by atoms with Crippen molar-refractivity contribution in [3.05, 3.63) is 5.21 Å². The highest BCUT2D eigenvalue weighted by Crippen LogP contribution is 1.57. The fourth-order valence-electron chi connectivity index (χ4n) is 0.376. The predicted octanol–water partition coefficient (Wildman–Crippen LogP) is -2.45. The number of urea groups is 1. The average molecular weight is 103 g/mol. The lowest BCUT2D eigenvalue weighted by Gasteiger charge is -2.08. The molecule has 1 heterocycles. The molecular weight excluding hydrogens is 98.0 g/mol. The summed E-state index contributed by atoms with van der Waals surface area (Å²) in [5.74, 6) is 0. The van der Waals surface area contributed by atoms with Crippen molar-refractivity contribution in [1.82, 2.24) is 10.7 Å². The van der Waals surface area contributed by atoms with Crippen LogP contribution in [0.4, 0.5) is 4.79 Å². The van der Waals surface area contributed by atoms with Crippen LogP contribution >= 0.6 is 0 Å². The predicted molar refractivity (Wildman–Crippen MR) is 20.9 cm³/mol. The first-order valence-electron chi connectivity index (χ1n) is 1.87. The minimum atomic E-state index is -0.398. The van der Waals surface area contributed by atoms with E-state index in [9.17, 15) is 10.0 Å². The van der Waals surface area contributed by atoms with Crippen LogP contribution in [0.5, 0.6) is 0 Å². The Morgan fingerprint density at radius 1 is 1.86 bits per heavy atom. The molecular formula is C2H5N3O2. The normalized spacial score (nSPS) is 29.3. The van der Waals surface area contributed by atoms with Crippen LogP contribution in [-0.4, -0.2) is 12.7 Å². The largest absolute Gasteiger partial charge is 0.606 e. The van der Waals surface area contributed by atoms with Gasteiger partial charge in [0.1, 0.15) is 0 Å². The summed E-state index contributed by atoms with van der Waals surface area (Å²) in [5, 5.41) is 12.1. The molecule has 1 fully saturated rings. The first-order valence-corrected chi connectivity index (χ1v) is 1.87. The van der Waals surface area contributed by atoms with Crippen molar-refractivity contribution in [3.8, 4) is 0 Å². The maximum absolute atomic E-state index is 10.1. The lowest BCUT2D eigenvalue weighted by Crippen LogP contribution is -3.12. The van der Waals surface area contributed by atoms with E-state index < -0.39 is 6.03 Å². The molecule has 0 aromatic carbocycles. The van der Waals surface area contributed by atoms with Crippen LogP contribution in [0.15, 0.2) is 0 Å². The molecule has 1 atom stereocenters. The zero-order valence-corrected chi connectivity index (χ0v) is 3.52. The van der Waals surface area contributed by atoms with E-state index in [4.69, 9.17) is 0 Å². The fourth-order valence-corrected chi connectivity index (χ4v) is 0.376. The molecule has 40 valence electrons. The van der Waals surface area contributed by atoms with E-state index in [1.807, 2.05) is 5.43 Å². The van der Waals surface area contributed by atoms with Gasteiger partial charge in [0.15, 0.2) is 6.67 Å². The second kappa shape index (κ2) is 1.36. The van der Waals surface area contributed by atoms with Gasteiger partial charge in [0.2, 0.25) is 0 Å². The number of rotatable bonds is 0. The van der Waals surface area contributed by atoms with Crippen molar-refractivity contribution in [1.29, 1.82) is 0 Å². The van der Waals surface area contributed by atoms with Crippen LogP contribution in [-0.2, 0) is 0 Å². The number of carbonyl (C=O) groups excluding carboxylic acids is 1. The molecule has 0 aromatic rings. The SMILES string of the molecule is O=C1NC[NH+]([O-])N1. The Kier molecular flexibility index (Phi) is 0.844. The van der Waals surface area contributed by atoms with Gasteiger partial charge in [-0.05, 0) is 0 Å². The van der Waals surface area contributed by atoms with Crippen LogP contribution in [0.3, 0.4) is 0 Å². The Morgan fingerprint density at radius 3 is 2.71 bits per heavy atom. The molecule has 0 spiro atoms. The molecule has 2 amide bonds. The summed E-state index contributed by atoms with van der Waals surface area (Å²) in [5.41, 5.74) is 2.03. The highest BCUT2D eigenvalue weighted by atomic mass is 16.5. The van der Waals surface area contributed by atoms with Crippen molar-refractivity contribution in [2.75, 3.05) is 6.67 Å². The van der Waals surface area contributed by atoms with Gasteiger partial charge in [0, 0.05) is 0 Å². The first kappa shape index (κ1) is 4.35. The van der Waals surface area contributed by atoms with Gasteiger partial charge in [-0.3, -0.25) is 5.32 Å². The fraction of sp³-hybridized carbons (Fsp3) is 0.500. The smallest absolute Gasteiger partial charge is 0.363 e. The lowest BCUT2D eigenvalue weighted by molar-refractivity contribution is -0.877. The van der Waals surface area contributed by atoms with Crippen molar-refractivity contribution in [2.45, 2.75) is 0 Å². The molecule has 1 saturated heterocycles. The molecule has 3 N–H and O–H groups in total. The average Bonchev–Trinajstić information content (AvgIpc) is 1.87. The summed E-state index contributed by atoms with van der Waals surface area (Å²) in [6, 6.07) is -0.398. The molecule has 5 nitrogen and oxygen atoms in total. The van der Waals surface area contributed by atoms with E-state index in [2.05, 4.69) is 5.32 Å². The van der Waals surface area contributed by atoms with Crippen LogP contribution in [0.2, 0.25) is 0 Å². The Morgan fingerprint density at radius 2 is 2.57 bits per heavy atom. The first-order chi connectivity index (χ1) is 3.29. The van der Waals surface area contributed by atoms with Gasteiger partial charge < -0.3 is 5.21 Å². The quantitative estimate of drug-likeness (QED) is 0.298. The van der Waals surface area contributed by atoms with Gasteiger partial charge in [-0.25, -0.2) is 9.97 Å². The summed E-state index contributed by atoms with van der Waals surface area (Å²) in [7, 11) is 0. The van der Waals surface area contributed by atoms with Crippen LogP contribution in [0.1, 0.15) is 0 Å². The molecule has 1 aliphatic rings. The number of hydroxylamine groups is 1. The van der Waals surface area contributed by atoms with E-state index in [1.54, 1.807) is 0 Å². The van der Waals surface area contributed by atoms with E-state index in [0.29, 0.717) is 0 Å². The zero-order chi connectivity index (χ0) is 5.28. The highest BCUT2D eigenvalue weighted by molar-refractivity contribution is 5.73. The van der Waals surface area contributed by atoms with Crippen molar-refractivity contribution < 1.29 is 9.97 Å². The minimum absolute atomic E-state index is 0.124. The van der Waals surface area contributed by atoms with E-state index in [0.717, 1.165) is 0 Å². The van der Waals surface area contributed by atoms with E-state index >= 15 is 0 Å². The van der Waals surface area contributed by atoms with Crippen LogP contribution in [0, 0.1) is 5.21 Å². The Hall–Kier alpha value is -0.810. The third kappa shape index (κ3) is 0.787. The van der Waals surface area contributed by atoms with Gasteiger partial charge in [-0.1, -0.05) is 0 Å². The second-order valence-electron chi connectivity index (χ2n) is 1.23. The van der Waals surface area contributed by atoms with Gasteiger partial charge in [-0.2, -0.15) is 5.43 Å². The Balaban J connectivity index is 2.40. The Labute approximate surface area is 39.8 Å². The summed E-state index contributed by atoms with van der Waals surface area (Å²) < 4.78 is 0. The zero-order valence-electron chi connectivity index (χ0n) is 3.52. The van der Waals surface area contributed by atoms with E-state index in [1.165, 1.54) is 0 Å². The van der Waals surface area contributed by atoms with Gasteiger partial charge >= 0.3 is 6.03 Å². The molecule has 1 aliphatic heterocycles. The van der Waals surface area contributed by atoms with Crippen molar-refractivity contribution in [2.24, 2.45) is 0 Å². The molecule has 0 bridgehead atoms. The lowest BCUT2D eigenvalue weighted by atomic mass is 11.0. The summed E-state index contributed by atoms with van der Waals surface area (Å²) in [6.07, 6.45) is 0. The highest BCUT2D eigenvalue weighted by Gasteiger charge is 2.11. The van der Waals surface area contributed by atoms with Gasteiger partial charge in [-0.15, -0.1) is 0 Å². The summed E-state index contributed by atoms with van der Waals surface area (Å²) in [6.45, 7) is 0.124. The second-order valence-corrected chi connectivity index (χ2v) is 1.23. The monoisotopic (exact) mass is 103 g/mol. The molecule has 7 heavy (non-hydrogen) atoms. The van der Waals surface area contributed by atoms with Gasteiger partial charge in [0.05, 0.1) is 0 Å². The molecule has 5 heteroatoms. The molecule has 0 aliphatic carbocycles. The molecule has 1 unspecified atom stereocenters. The minimum Gasteiger partial charge on any atom is -0.606 e. The van der Waals surface area contributed by atoms with Crippen molar-refractivity contribution >= 4 is 6.03 Å². The third-order valence-electron chi connectivity index (χ3n) is 0.662. The summed E-state index contributed by atoms with van der Waals surface area (Å²) in [4.78, 5) is 10.0. The van der Waals surface area contributed by atoms with Crippen LogP contribution in [0.25, 0.3) is 0 Å². The molecule has 0 aromatic heterocycles. The maximum atomic E-state index is 10.1. The van der Waals surface area contributed by atoms with Crippen molar-refractivity contribution in [3.63, 3.8) is 0 Å². The van der Waals surface area contributed by atoms with E-state index in [-0.39, 0.29) is 11.8 Å². The maximum Gasteiger partial charge on any atom is 0.363 e. The number of carbonyl (C=O) groups is 1. The number of amides is 2. The Bertz CT molecular complexity index is 92.9. The topological polar surface area (TPSA) is 68.6 Å². The van der Waals surface area contributed by atoms with Gasteiger partial charge in [0.25, 0.3) is 0 Å². The molecule has 1 rings (SSSR count). The number of quaternary nitrogens is 1. The number of nitrogens with one attached hydrogen (secondary N) is 3. The number of hydrogen-bond donors (Lipinski definition) is 3.